The molecule has 1 atom stereocenters. The van der Waals surface area contributed by atoms with Crippen LogP contribution in [-0.2, 0) is 26.9 Å². The van der Waals surface area contributed by atoms with E-state index in [1.807, 2.05) is 34.6 Å². The number of ether oxygens (including phenoxy) is 1. The van der Waals surface area contributed by atoms with Crippen LogP contribution in [0.1, 0.15) is 64.8 Å². The Kier molecular flexibility index (Phi) is 8.31. The molecule has 1 aliphatic heterocycles. The number of halogens is 1. The van der Waals surface area contributed by atoms with Gasteiger partial charge in [-0.3, -0.25) is 0 Å². The van der Waals surface area contributed by atoms with E-state index in [0.717, 1.165) is 12.8 Å². The molecular weight excluding hydrogens is 476 g/mol. The molecule has 10 heteroatoms. The lowest BCUT2D eigenvalue weighted by atomic mass is 10.1. The fourth-order valence-corrected chi connectivity index (χ4v) is 5.84. The molecule has 2 heterocycles. The quantitative estimate of drug-likeness (QED) is 0.561. The molecule has 1 fully saturated rings. The monoisotopic (exact) mass is 510 g/mol. The largest absolute Gasteiger partial charge is 0.376 e. The Bertz CT molecular complexity index is 1100. The van der Waals surface area contributed by atoms with E-state index in [-0.39, 0.29) is 35.6 Å². The molecular formula is C24H35ClN4O4S. The lowest BCUT2D eigenvalue weighted by molar-refractivity contribution is 0.0774. The zero-order valence-corrected chi connectivity index (χ0v) is 22.1. The van der Waals surface area contributed by atoms with Crippen molar-refractivity contribution >= 4 is 27.5 Å². The van der Waals surface area contributed by atoms with Gasteiger partial charge in [-0.05, 0) is 65.2 Å². The molecule has 34 heavy (non-hydrogen) atoms. The van der Waals surface area contributed by atoms with E-state index in [0.29, 0.717) is 29.4 Å². The van der Waals surface area contributed by atoms with Crippen LogP contribution in [0.2, 0.25) is 5.02 Å². The lowest BCUT2D eigenvalue weighted by Crippen LogP contribution is -2.50. The number of carbonyl (C=O) groups excluding carboxylic acids is 1. The first kappa shape index (κ1) is 26.5. The number of carbonyl (C=O) groups is 1. The maximum Gasteiger partial charge on any atom is 0.318 e. The fraction of sp³-hybridized carbons (Fsp3) is 0.583. The molecule has 1 aromatic heterocycles. The average molecular weight is 511 g/mol. The van der Waals surface area contributed by atoms with E-state index in [4.69, 9.17) is 16.3 Å². The van der Waals surface area contributed by atoms with Crippen LogP contribution in [0, 0.1) is 0 Å². The van der Waals surface area contributed by atoms with Gasteiger partial charge in [-0.15, -0.1) is 0 Å². The molecule has 3 rings (SSSR count). The van der Waals surface area contributed by atoms with Gasteiger partial charge in [0.25, 0.3) is 0 Å². The van der Waals surface area contributed by atoms with Crippen LogP contribution in [0.15, 0.2) is 35.6 Å². The van der Waals surface area contributed by atoms with Gasteiger partial charge in [0, 0.05) is 29.8 Å². The highest BCUT2D eigenvalue weighted by Gasteiger charge is 2.29. The van der Waals surface area contributed by atoms with E-state index in [9.17, 15) is 13.2 Å². The smallest absolute Gasteiger partial charge is 0.318 e. The molecule has 1 N–H and O–H groups in total. The van der Waals surface area contributed by atoms with Gasteiger partial charge in [0.05, 0.1) is 30.3 Å². The van der Waals surface area contributed by atoms with Crippen LogP contribution < -0.4 is 5.32 Å². The van der Waals surface area contributed by atoms with Crippen molar-refractivity contribution in [1.29, 1.82) is 0 Å². The second-order valence-corrected chi connectivity index (χ2v) is 12.4. The SMILES string of the molecule is CC(C)n1c(CN(C[C@@H]2CCCO2)C(=O)NC(C)(C)C)cnc1S(=O)(=O)Cc1cccc(Cl)c1. The summed E-state index contributed by atoms with van der Waals surface area (Å²) in [6.07, 6.45) is 3.38. The molecule has 0 radical (unpaired) electrons. The van der Waals surface area contributed by atoms with Gasteiger partial charge in [-0.2, -0.15) is 0 Å². The average Bonchev–Trinajstić information content (AvgIpc) is 3.36. The van der Waals surface area contributed by atoms with Crippen molar-refractivity contribution in [2.45, 2.75) is 82.6 Å². The zero-order valence-electron chi connectivity index (χ0n) is 20.5. The molecule has 1 saturated heterocycles. The van der Waals surface area contributed by atoms with Gasteiger partial charge in [0.15, 0.2) is 0 Å². The minimum atomic E-state index is -3.74. The molecule has 0 spiro atoms. The first-order valence-electron chi connectivity index (χ1n) is 11.6. The van der Waals surface area contributed by atoms with Crippen LogP contribution in [0.3, 0.4) is 0 Å². The number of hydrogen-bond donors (Lipinski definition) is 1. The molecule has 0 bridgehead atoms. The summed E-state index contributed by atoms with van der Waals surface area (Å²) in [5.74, 6) is -0.207. The number of urea groups is 1. The fourth-order valence-electron chi connectivity index (χ4n) is 4.04. The van der Waals surface area contributed by atoms with Gasteiger partial charge in [-0.25, -0.2) is 18.2 Å². The summed E-state index contributed by atoms with van der Waals surface area (Å²) in [5, 5.41) is 3.48. The number of sulfone groups is 1. The number of imidazole rings is 1. The van der Waals surface area contributed by atoms with Gasteiger partial charge in [-0.1, -0.05) is 23.7 Å². The molecule has 0 unspecified atom stereocenters. The van der Waals surface area contributed by atoms with E-state index >= 15 is 0 Å². The van der Waals surface area contributed by atoms with Crippen LogP contribution in [0.5, 0.6) is 0 Å². The summed E-state index contributed by atoms with van der Waals surface area (Å²) in [6.45, 7) is 10.9. The first-order chi connectivity index (χ1) is 15.9. The third-order valence-electron chi connectivity index (χ3n) is 5.45. The predicted octanol–water partition coefficient (Wildman–Crippen LogP) is 4.58. The maximum absolute atomic E-state index is 13.3. The molecule has 0 aliphatic carbocycles. The number of hydrogen-bond acceptors (Lipinski definition) is 5. The number of nitrogens with one attached hydrogen (secondary N) is 1. The van der Waals surface area contributed by atoms with Crippen LogP contribution >= 0.6 is 11.6 Å². The normalized spacial score (nSPS) is 16.7. The summed E-state index contributed by atoms with van der Waals surface area (Å²) >= 11 is 6.04. The summed E-state index contributed by atoms with van der Waals surface area (Å²) in [5.41, 5.74) is 0.842. The van der Waals surface area contributed by atoms with Crippen molar-refractivity contribution in [2.75, 3.05) is 13.2 Å². The highest BCUT2D eigenvalue weighted by molar-refractivity contribution is 7.90. The Labute approximate surface area is 207 Å². The van der Waals surface area contributed by atoms with Crippen LogP contribution in [0.25, 0.3) is 0 Å². The Morgan fingerprint density at radius 3 is 2.68 bits per heavy atom. The summed E-state index contributed by atoms with van der Waals surface area (Å²) in [4.78, 5) is 19.1. The number of nitrogens with zero attached hydrogens (tertiary/aromatic N) is 3. The van der Waals surface area contributed by atoms with Crippen molar-refractivity contribution in [3.05, 3.63) is 46.7 Å². The molecule has 1 aromatic carbocycles. The van der Waals surface area contributed by atoms with Gasteiger partial charge < -0.3 is 19.5 Å². The van der Waals surface area contributed by atoms with E-state index in [1.54, 1.807) is 39.9 Å². The molecule has 8 nitrogen and oxygen atoms in total. The molecule has 0 saturated carbocycles. The first-order valence-corrected chi connectivity index (χ1v) is 13.6. The Balaban J connectivity index is 1.90. The third-order valence-corrected chi connectivity index (χ3v) is 7.26. The topological polar surface area (TPSA) is 93.5 Å². The van der Waals surface area contributed by atoms with E-state index in [1.165, 1.54) is 0 Å². The van der Waals surface area contributed by atoms with Crippen molar-refractivity contribution < 1.29 is 17.9 Å². The molecule has 2 aromatic rings. The van der Waals surface area contributed by atoms with Crippen molar-refractivity contribution in [3.8, 4) is 0 Å². The van der Waals surface area contributed by atoms with Gasteiger partial charge in [0.1, 0.15) is 0 Å². The molecule has 2 amide bonds. The maximum atomic E-state index is 13.3. The predicted molar refractivity (Wildman–Crippen MR) is 133 cm³/mol. The number of aromatic nitrogens is 2. The number of benzene rings is 1. The van der Waals surface area contributed by atoms with Crippen molar-refractivity contribution in [3.63, 3.8) is 0 Å². The standard InChI is InChI=1S/C24H35ClN4O4S/c1-17(2)29-20(13-26-23(29)34(31,32)16-18-8-6-9-19(25)12-18)14-28(15-21-10-7-11-33-21)22(30)27-24(3,4)5/h6,8-9,12-13,17,21H,7,10-11,14-16H2,1-5H3,(H,27,30)/t21-/m0/s1. The minimum absolute atomic E-state index is 0.00854. The minimum Gasteiger partial charge on any atom is -0.376 e. The summed E-state index contributed by atoms with van der Waals surface area (Å²) in [7, 11) is -3.74. The Hall–Kier alpha value is -2.10. The second-order valence-electron chi connectivity index (χ2n) is 10.1. The summed E-state index contributed by atoms with van der Waals surface area (Å²) in [6, 6.07) is 6.41. The summed E-state index contributed by atoms with van der Waals surface area (Å²) < 4.78 is 34.1. The Morgan fingerprint density at radius 2 is 2.09 bits per heavy atom. The van der Waals surface area contributed by atoms with Crippen molar-refractivity contribution in [1.82, 2.24) is 19.8 Å². The Morgan fingerprint density at radius 1 is 1.35 bits per heavy atom. The van der Waals surface area contributed by atoms with Gasteiger partial charge in [0.2, 0.25) is 15.0 Å². The van der Waals surface area contributed by atoms with Crippen LogP contribution in [0.4, 0.5) is 4.79 Å². The van der Waals surface area contributed by atoms with E-state index < -0.39 is 15.4 Å². The highest BCUT2D eigenvalue weighted by Crippen LogP contribution is 2.24. The molecule has 1 aliphatic rings. The zero-order chi connectivity index (χ0) is 25.1. The van der Waals surface area contributed by atoms with E-state index in [2.05, 4.69) is 10.3 Å². The highest BCUT2D eigenvalue weighted by atomic mass is 35.5. The number of rotatable bonds is 8. The third kappa shape index (κ3) is 6.96. The second kappa shape index (κ2) is 10.7. The number of amides is 2. The lowest BCUT2D eigenvalue weighted by Gasteiger charge is -2.30. The van der Waals surface area contributed by atoms with Gasteiger partial charge >= 0.3 is 6.03 Å². The molecule has 188 valence electrons. The van der Waals surface area contributed by atoms with Crippen molar-refractivity contribution in [2.24, 2.45) is 0 Å². The van der Waals surface area contributed by atoms with Crippen LogP contribution in [-0.4, -0.2) is 53.7 Å².